The quantitative estimate of drug-likeness (QED) is 0.802. The molecule has 0 atom stereocenters. The van der Waals surface area contributed by atoms with Gasteiger partial charge in [-0.1, -0.05) is 35.2 Å². The van der Waals surface area contributed by atoms with Crippen LogP contribution >= 0.6 is 27.5 Å². The first-order valence-corrected chi connectivity index (χ1v) is 9.25. The molecule has 0 aromatic heterocycles. The number of rotatable bonds is 4. The molecule has 3 nitrogen and oxygen atoms in total. The summed E-state index contributed by atoms with van der Waals surface area (Å²) in [5.74, 6) is -0.572. The maximum atomic E-state index is 13.8. The molecule has 20 heavy (non-hydrogen) atoms. The van der Waals surface area contributed by atoms with Crippen LogP contribution in [0.3, 0.4) is 0 Å². The van der Waals surface area contributed by atoms with E-state index in [2.05, 4.69) is 20.7 Å². The molecule has 0 unspecified atom stereocenters. The average Bonchev–Trinajstić information content (AvgIpc) is 2.38. The Labute approximate surface area is 132 Å². The van der Waals surface area contributed by atoms with Gasteiger partial charge in [0.15, 0.2) is 0 Å². The Balaban J connectivity index is 2.30. The Morgan fingerprint density at radius 1 is 1.30 bits per heavy atom. The standard InChI is InChI=1S/C13H16BrClFNO2S/c14-10-4-5-12(11(16)8-10)20(18,19)17-13(9-15)6-2-1-3-7-13/h4-5,8,17H,1-3,6-7,9H2. The van der Waals surface area contributed by atoms with Crippen LogP contribution < -0.4 is 4.72 Å². The lowest BCUT2D eigenvalue weighted by Crippen LogP contribution is -2.51. The van der Waals surface area contributed by atoms with Crippen LogP contribution in [0.15, 0.2) is 27.6 Å². The third-order valence-corrected chi connectivity index (χ3v) is 6.22. The minimum Gasteiger partial charge on any atom is -0.207 e. The van der Waals surface area contributed by atoms with Gasteiger partial charge in [0.25, 0.3) is 0 Å². The highest BCUT2D eigenvalue weighted by molar-refractivity contribution is 9.10. The number of halogens is 3. The number of hydrogen-bond donors (Lipinski definition) is 1. The summed E-state index contributed by atoms with van der Waals surface area (Å²) in [6.45, 7) is 0. The first-order valence-electron chi connectivity index (χ1n) is 6.44. The Morgan fingerprint density at radius 3 is 2.50 bits per heavy atom. The smallest absolute Gasteiger partial charge is 0.207 e. The van der Waals surface area contributed by atoms with Crippen molar-refractivity contribution in [2.45, 2.75) is 42.5 Å². The fourth-order valence-corrected chi connectivity index (χ4v) is 4.79. The molecule has 0 amide bonds. The molecule has 1 aliphatic carbocycles. The van der Waals surface area contributed by atoms with Gasteiger partial charge in [-0.25, -0.2) is 17.5 Å². The van der Waals surface area contributed by atoms with E-state index in [1.165, 1.54) is 12.1 Å². The van der Waals surface area contributed by atoms with Gasteiger partial charge >= 0.3 is 0 Å². The lowest BCUT2D eigenvalue weighted by molar-refractivity contribution is 0.297. The van der Waals surface area contributed by atoms with Crippen LogP contribution in [0.5, 0.6) is 0 Å². The van der Waals surface area contributed by atoms with Crippen LogP contribution in [-0.2, 0) is 10.0 Å². The van der Waals surface area contributed by atoms with Crippen molar-refractivity contribution >= 4 is 37.6 Å². The van der Waals surface area contributed by atoms with E-state index in [0.29, 0.717) is 17.3 Å². The first kappa shape index (κ1) is 16.2. The molecule has 0 spiro atoms. The summed E-state index contributed by atoms with van der Waals surface area (Å²) in [4.78, 5) is -0.337. The predicted octanol–water partition coefficient (Wildman–Crippen LogP) is 3.81. The number of nitrogens with one attached hydrogen (secondary N) is 1. The Bertz CT molecular complexity index is 588. The second kappa shape index (κ2) is 6.30. The van der Waals surface area contributed by atoms with Gasteiger partial charge in [-0.2, -0.15) is 0 Å². The molecule has 1 N–H and O–H groups in total. The van der Waals surface area contributed by atoms with Gasteiger partial charge in [0.1, 0.15) is 10.7 Å². The third kappa shape index (κ3) is 3.53. The predicted molar refractivity (Wildman–Crippen MR) is 81.0 cm³/mol. The Kier molecular flexibility index (Phi) is 5.10. The van der Waals surface area contributed by atoms with Crippen LogP contribution in [0.25, 0.3) is 0 Å². The zero-order chi connectivity index (χ0) is 14.8. The molecule has 0 heterocycles. The summed E-state index contributed by atoms with van der Waals surface area (Å²) in [5, 5.41) is 0. The normalized spacial score (nSPS) is 18.9. The van der Waals surface area contributed by atoms with E-state index >= 15 is 0 Å². The van der Waals surface area contributed by atoms with Gasteiger partial charge in [-0.3, -0.25) is 0 Å². The van der Waals surface area contributed by atoms with Crippen LogP contribution in [-0.4, -0.2) is 19.8 Å². The highest BCUT2D eigenvalue weighted by Crippen LogP contribution is 2.31. The van der Waals surface area contributed by atoms with Crippen molar-refractivity contribution in [2.75, 3.05) is 5.88 Å². The van der Waals surface area contributed by atoms with Crippen molar-refractivity contribution in [2.24, 2.45) is 0 Å². The van der Waals surface area contributed by atoms with Crippen LogP contribution in [0, 0.1) is 5.82 Å². The van der Waals surface area contributed by atoms with E-state index < -0.39 is 21.4 Å². The molecule has 1 aromatic rings. The molecule has 1 fully saturated rings. The molecular weight excluding hydrogens is 369 g/mol. The van der Waals surface area contributed by atoms with Crippen molar-refractivity contribution in [1.29, 1.82) is 0 Å². The number of alkyl halides is 1. The molecule has 7 heteroatoms. The van der Waals surface area contributed by atoms with Gasteiger partial charge in [0.2, 0.25) is 10.0 Å². The molecule has 0 bridgehead atoms. The molecule has 1 aliphatic rings. The SMILES string of the molecule is O=S(=O)(NC1(CCl)CCCCC1)c1ccc(Br)cc1F. The van der Waals surface area contributed by atoms with Crippen molar-refractivity contribution < 1.29 is 12.8 Å². The van der Waals surface area contributed by atoms with Gasteiger partial charge in [-0.15, -0.1) is 11.6 Å². The molecule has 112 valence electrons. The van der Waals surface area contributed by atoms with E-state index in [9.17, 15) is 12.8 Å². The highest BCUT2D eigenvalue weighted by Gasteiger charge is 2.36. The van der Waals surface area contributed by atoms with Gasteiger partial charge in [0.05, 0.1) is 0 Å². The lowest BCUT2D eigenvalue weighted by atomic mass is 9.84. The fourth-order valence-electron chi connectivity index (χ4n) is 2.52. The highest BCUT2D eigenvalue weighted by atomic mass is 79.9. The maximum Gasteiger partial charge on any atom is 0.244 e. The molecule has 2 rings (SSSR count). The average molecular weight is 385 g/mol. The zero-order valence-corrected chi connectivity index (χ0v) is 14.0. The van der Waals surface area contributed by atoms with Crippen molar-refractivity contribution in [1.82, 2.24) is 4.72 Å². The van der Waals surface area contributed by atoms with Crippen LogP contribution in [0.1, 0.15) is 32.1 Å². The summed E-state index contributed by atoms with van der Waals surface area (Å²) < 4.78 is 41.7. The van der Waals surface area contributed by atoms with Gasteiger partial charge in [-0.05, 0) is 31.0 Å². The summed E-state index contributed by atoms with van der Waals surface area (Å²) in [5.41, 5.74) is -0.655. The van der Waals surface area contributed by atoms with Crippen LogP contribution in [0.4, 0.5) is 4.39 Å². The minimum atomic E-state index is -3.91. The third-order valence-electron chi connectivity index (χ3n) is 3.60. The van der Waals surface area contributed by atoms with Gasteiger partial charge < -0.3 is 0 Å². The second-order valence-electron chi connectivity index (χ2n) is 5.15. The number of sulfonamides is 1. The zero-order valence-electron chi connectivity index (χ0n) is 10.8. The molecule has 0 saturated heterocycles. The van der Waals surface area contributed by atoms with Crippen molar-refractivity contribution in [3.8, 4) is 0 Å². The maximum absolute atomic E-state index is 13.8. The van der Waals surface area contributed by atoms with E-state index in [0.717, 1.165) is 25.3 Å². The fraction of sp³-hybridized carbons (Fsp3) is 0.538. The molecular formula is C13H16BrClFNO2S. The largest absolute Gasteiger partial charge is 0.244 e. The summed E-state index contributed by atoms with van der Waals surface area (Å²) in [6, 6.07) is 3.90. The summed E-state index contributed by atoms with van der Waals surface area (Å²) in [6.07, 6.45) is 4.31. The second-order valence-corrected chi connectivity index (χ2v) is 7.99. The van der Waals surface area contributed by atoms with Crippen LogP contribution in [0.2, 0.25) is 0 Å². The van der Waals surface area contributed by atoms with Gasteiger partial charge in [0, 0.05) is 15.9 Å². The first-order chi connectivity index (χ1) is 9.38. The monoisotopic (exact) mass is 383 g/mol. The molecule has 0 radical (unpaired) electrons. The lowest BCUT2D eigenvalue weighted by Gasteiger charge is -2.36. The number of hydrogen-bond acceptors (Lipinski definition) is 2. The van der Waals surface area contributed by atoms with E-state index in [4.69, 9.17) is 11.6 Å². The van der Waals surface area contributed by atoms with E-state index in [1.807, 2.05) is 0 Å². The van der Waals surface area contributed by atoms with Crippen molar-refractivity contribution in [3.05, 3.63) is 28.5 Å². The Hall–Kier alpha value is -0.170. The molecule has 1 saturated carbocycles. The minimum absolute atomic E-state index is 0.199. The molecule has 0 aliphatic heterocycles. The topological polar surface area (TPSA) is 46.2 Å². The van der Waals surface area contributed by atoms with E-state index in [-0.39, 0.29) is 10.8 Å². The van der Waals surface area contributed by atoms with E-state index in [1.54, 1.807) is 0 Å². The Morgan fingerprint density at radius 2 is 1.95 bits per heavy atom. The summed E-state index contributed by atoms with van der Waals surface area (Å²) >= 11 is 9.08. The van der Waals surface area contributed by atoms with Crippen molar-refractivity contribution in [3.63, 3.8) is 0 Å². The molecule has 1 aromatic carbocycles. The summed E-state index contributed by atoms with van der Waals surface area (Å²) in [7, 11) is -3.91. The number of benzene rings is 1.